The molecule has 0 heterocycles. The smallest absolute Gasteiger partial charge is 0.0177 e. The van der Waals surface area contributed by atoms with Gasteiger partial charge in [-0.25, -0.2) is 0 Å². The Balaban J connectivity index is 1.71. The highest BCUT2D eigenvalue weighted by molar-refractivity contribution is 5.07. The van der Waals surface area contributed by atoms with Gasteiger partial charge in [0, 0.05) is 0 Å². The van der Waals surface area contributed by atoms with Crippen molar-refractivity contribution < 1.29 is 0 Å². The Morgan fingerprint density at radius 1 is 0.762 bits per heavy atom. The molecule has 0 bridgehead atoms. The molecule has 0 N–H and O–H groups in total. The van der Waals surface area contributed by atoms with E-state index in [1.54, 1.807) is 0 Å². The second-order valence-corrected chi connectivity index (χ2v) is 7.91. The van der Waals surface area contributed by atoms with Gasteiger partial charge in [0.1, 0.15) is 0 Å². The first-order valence-electron chi connectivity index (χ1n) is 9.83. The van der Waals surface area contributed by atoms with E-state index >= 15 is 0 Å². The van der Waals surface area contributed by atoms with Crippen molar-refractivity contribution >= 4 is 0 Å². The monoisotopic (exact) mass is 292 g/mol. The van der Waals surface area contributed by atoms with Gasteiger partial charge in [-0.3, -0.25) is 0 Å². The van der Waals surface area contributed by atoms with E-state index in [0.29, 0.717) is 5.41 Å². The van der Waals surface area contributed by atoms with Crippen LogP contribution in [-0.2, 0) is 0 Å². The van der Waals surface area contributed by atoms with E-state index in [2.05, 4.69) is 32.9 Å². The van der Waals surface area contributed by atoms with E-state index < -0.39 is 0 Å². The minimum atomic E-state index is 0.618. The SMILES string of the molecule is CCCCCCCCCCCCCCC=CC1CC1(C)C. The molecule has 0 aromatic heterocycles. The van der Waals surface area contributed by atoms with Crippen LogP contribution in [0.5, 0.6) is 0 Å². The van der Waals surface area contributed by atoms with E-state index in [4.69, 9.17) is 0 Å². The number of allylic oxidation sites excluding steroid dienone is 2. The van der Waals surface area contributed by atoms with Crippen LogP contribution in [0, 0.1) is 11.3 Å². The lowest BCUT2D eigenvalue weighted by Gasteiger charge is -2.02. The molecule has 1 aliphatic rings. The zero-order valence-electron chi connectivity index (χ0n) is 15.1. The van der Waals surface area contributed by atoms with Crippen molar-refractivity contribution in [3.05, 3.63) is 12.2 Å². The van der Waals surface area contributed by atoms with Crippen LogP contribution < -0.4 is 0 Å². The second-order valence-electron chi connectivity index (χ2n) is 7.91. The summed E-state index contributed by atoms with van der Waals surface area (Å²) in [7, 11) is 0. The molecule has 0 saturated heterocycles. The maximum atomic E-state index is 2.47. The maximum Gasteiger partial charge on any atom is -0.0177 e. The Labute approximate surface area is 134 Å². The Morgan fingerprint density at radius 2 is 1.19 bits per heavy atom. The summed E-state index contributed by atoms with van der Waals surface area (Å²) in [5.41, 5.74) is 0.618. The number of unbranched alkanes of at least 4 members (excludes halogenated alkanes) is 12. The van der Waals surface area contributed by atoms with Gasteiger partial charge in [0.15, 0.2) is 0 Å². The first-order chi connectivity index (χ1) is 10.2. The minimum Gasteiger partial charge on any atom is -0.0882 e. The third-order valence-corrected chi connectivity index (χ3v) is 5.18. The normalized spacial score (nSPS) is 20.2. The van der Waals surface area contributed by atoms with Crippen LogP contribution in [0.4, 0.5) is 0 Å². The van der Waals surface area contributed by atoms with Crippen molar-refractivity contribution in [2.45, 2.75) is 111 Å². The number of hydrogen-bond donors (Lipinski definition) is 0. The second kappa shape index (κ2) is 11.3. The zero-order valence-corrected chi connectivity index (χ0v) is 15.1. The van der Waals surface area contributed by atoms with Gasteiger partial charge in [-0.1, -0.05) is 104 Å². The molecule has 0 spiro atoms. The molecule has 21 heavy (non-hydrogen) atoms. The molecule has 0 radical (unpaired) electrons. The Morgan fingerprint density at radius 3 is 1.62 bits per heavy atom. The summed E-state index contributed by atoms with van der Waals surface area (Å²) in [5, 5.41) is 0. The average Bonchev–Trinajstić information content (AvgIpc) is 3.06. The number of rotatable bonds is 14. The van der Waals surface area contributed by atoms with Crippen LogP contribution in [-0.4, -0.2) is 0 Å². The van der Waals surface area contributed by atoms with Crippen LogP contribution in [0.3, 0.4) is 0 Å². The summed E-state index contributed by atoms with van der Waals surface area (Å²) in [6.45, 7) is 7.06. The van der Waals surface area contributed by atoms with Crippen molar-refractivity contribution in [3.8, 4) is 0 Å². The molecule has 1 unspecified atom stereocenters. The Kier molecular flexibility index (Phi) is 10.1. The maximum absolute atomic E-state index is 2.47. The molecule has 1 rings (SSSR count). The van der Waals surface area contributed by atoms with Crippen LogP contribution in [0.1, 0.15) is 111 Å². The fourth-order valence-electron chi connectivity index (χ4n) is 3.20. The Hall–Kier alpha value is -0.260. The molecule has 0 aliphatic heterocycles. The minimum absolute atomic E-state index is 0.618. The molecule has 0 aromatic carbocycles. The van der Waals surface area contributed by atoms with Crippen molar-refractivity contribution in [2.75, 3.05) is 0 Å². The lowest BCUT2D eigenvalue weighted by molar-refractivity contribution is 0.544. The summed E-state index contributed by atoms with van der Waals surface area (Å²) in [6.07, 6.45) is 25.0. The number of hydrogen-bond acceptors (Lipinski definition) is 0. The van der Waals surface area contributed by atoms with Crippen LogP contribution in [0.15, 0.2) is 12.2 Å². The molecule has 1 fully saturated rings. The van der Waals surface area contributed by atoms with Crippen molar-refractivity contribution in [1.29, 1.82) is 0 Å². The van der Waals surface area contributed by atoms with Crippen LogP contribution in [0.2, 0.25) is 0 Å². The van der Waals surface area contributed by atoms with E-state index in [9.17, 15) is 0 Å². The van der Waals surface area contributed by atoms with Gasteiger partial charge in [0.2, 0.25) is 0 Å². The van der Waals surface area contributed by atoms with E-state index in [0.717, 1.165) is 5.92 Å². The molecule has 0 nitrogen and oxygen atoms in total. The highest BCUT2D eigenvalue weighted by atomic mass is 14.5. The molecular formula is C21H40. The van der Waals surface area contributed by atoms with Gasteiger partial charge in [-0.2, -0.15) is 0 Å². The topological polar surface area (TPSA) is 0 Å². The Bertz CT molecular complexity index is 261. The lowest BCUT2D eigenvalue weighted by atomic mass is 10.0. The van der Waals surface area contributed by atoms with E-state index in [-0.39, 0.29) is 0 Å². The molecule has 1 aliphatic carbocycles. The highest BCUT2D eigenvalue weighted by Crippen LogP contribution is 2.52. The van der Waals surface area contributed by atoms with Crippen LogP contribution >= 0.6 is 0 Å². The first kappa shape index (κ1) is 18.8. The van der Waals surface area contributed by atoms with Gasteiger partial charge >= 0.3 is 0 Å². The van der Waals surface area contributed by atoms with Gasteiger partial charge in [-0.05, 0) is 30.6 Å². The molecule has 0 aromatic rings. The van der Waals surface area contributed by atoms with Crippen molar-refractivity contribution in [1.82, 2.24) is 0 Å². The predicted octanol–water partition coefficient (Wildman–Crippen LogP) is 7.68. The largest absolute Gasteiger partial charge is 0.0882 e. The molecular weight excluding hydrogens is 252 g/mol. The summed E-state index contributed by atoms with van der Waals surface area (Å²) in [5.74, 6) is 0.884. The summed E-state index contributed by atoms with van der Waals surface area (Å²) >= 11 is 0. The lowest BCUT2D eigenvalue weighted by Crippen LogP contribution is -1.85. The average molecular weight is 293 g/mol. The fourth-order valence-corrected chi connectivity index (χ4v) is 3.20. The van der Waals surface area contributed by atoms with E-state index in [1.165, 1.54) is 89.9 Å². The van der Waals surface area contributed by atoms with Gasteiger partial charge in [-0.15, -0.1) is 0 Å². The molecule has 0 heteroatoms. The van der Waals surface area contributed by atoms with Gasteiger partial charge < -0.3 is 0 Å². The van der Waals surface area contributed by atoms with Crippen LogP contribution in [0.25, 0.3) is 0 Å². The van der Waals surface area contributed by atoms with Crippen molar-refractivity contribution in [2.24, 2.45) is 11.3 Å². The molecule has 124 valence electrons. The molecule has 1 saturated carbocycles. The predicted molar refractivity (Wildman–Crippen MR) is 96.7 cm³/mol. The summed E-state index contributed by atoms with van der Waals surface area (Å²) in [6, 6.07) is 0. The zero-order chi connectivity index (χ0) is 15.4. The standard InChI is InChI=1S/C21H40/c1-4-5-6-7-8-9-10-11-12-13-14-15-16-17-18-20-19-21(20,2)3/h17-18,20H,4-16,19H2,1-3H3. The third-order valence-electron chi connectivity index (χ3n) is 5.18. The third kappa shape index (κ3) is 10.1. The summed E-state index contributed by atoms with van der Waals surface area (Å²) < 4.78 is 0. The first-order valence-corrected chi connectivity index (χ1v) is 9.83. The quantitative estimate of drug-likeness (QED) is 0.227. The molecule has 0 amide bonds. The molecule has 1 atom stereocenters. The van der Waals surface area contributed by atoms with Crippen molar-refractivity contribution in [3.63, 3.8) is 0 Å². The fraction of sp³-hybridized carbons (Fsp3) is 0.905. The van der Waals surface area contributed by atoms with Gasteiger partial charge in [0.25, 0.3) is 0 Å². The van der Waals surface area contributed by atoms with Gasteiger partial charge in [0.05, 0.1) is 0 Å². The highest BCUT2D eigenvalue weighted by Gasteiger charge is 2.43. The summed E-state index contributed by atoms with van der Waals surface area (Å²) in [4.78, 5) is 0. The van der Waals surface area contributed by atoms with E-state index in [1.807, 2.05) is 0 Å².